The molecule has 0 unspecified atom stereocenters. The van der Waals surface area contributed by atoms with E-state index in [-0.39, 0.29) is 0 Å². The maximum Gasteiger partial charge on any atom is 0.331 e. The summed E-state index contributed by atoms with van der Waals surface area (Å²) in [7, 11) is -4.20. The highest BCUT2D eigenvalue weighted by Crippen LogP contribution is 2.53. The topological polar surface area (TPSA) is 136 Å². The molecule has 0 aromatic rings. The monoisotopic (exact) mass is 300 g/mol. The zero-order valence-corrected chi connectivity index (χ0v) is 11.5. The van der Waals surface area contributed by atoms with E-state index < -0.39 is 43.5 Å². The molecule has 0 aliphatic carbocycles. The summed E-state index contributed by atoms with van der Waals surface area (Å²) in [4.78, 5) is 23.9. The number of allylic oxidation sites excluding steroid dienone is 1. The quantitative estimate of drug-likeness (QED) is 0.474. The van der Waals surface area contributed by atoms with Gasteiger partial charge in [0.05, 0.1) is 6.07 Å². The van der Waals surface area contributed by atoms with Crippen LogP contribution in [0.25, 0.3) is 0 Å². The molecule has 2 rings (SSSR count). The van der Waals surface area contributed by atoms with Crippen LogP contribution in [0.4, 0.5) is 0 Å². The highest BCUT2D eigenvalue weighted by atomic mass is 32.2. The first-order chi connectivity index (χ1) is 9.07. The Labute approximate surface area is 114 Å². The smallest absolute Gasteiger partial charge is 0.331 e. The first kappa shape index (κ1) is 14.5. The van der Waals surface area contributed by atoms with Gasteiger partial charge >= 0.3 is 5.97 Å². The van der Waals surface area contributed by atoms with Crippen molar-refractivity contribution in [2.24, 2.45) is 0 Å². The Morgan fingerprint density at radius 2 is 2.05 bits per heavy atom. The van der Waals surface area contributed by atoms with E-state index in [4.69, 9.17) is 5.26 Å². The summed E-state index contributed by atoms with van der Waals surface area (Å²) in [5.41, 5.74) is -2.08. The molecule has 2 aliphatic rings. The molecular weight excluding hydrogens is 288 g/mol. The van der Waals surface area contributed by atoms with E-state index in [0.29, 0.717) is 4.90 Å². The minimum atomic E-state index is -4.20. The average molecular weight is 300 g/mol. The summed E-state index contributed by atoms with van der Waals surface area (Å²) in [6.45, 7) is 2.22. The summed E-state index contributed by atoms with van der Waals surface area (Å²) in [5, 5.41) is 25.9. The molecule has 2 heterocycles. The van der Waals surface area contributed by atoms with Crippen LogP contribution in [-0.2, 0) is 19.4 Å². The molecule has 0 radical (unpaired) electrons. The first-order valence-electron chi connectivity index (χ1n) is 5.62. The van der Waals surface area contributed by atoms with E-state index in [1.54, 1.807) is 6.07 Å². The van der Waals surface area contributed by atoms with Gasteiger partial charge in [0.2, 0.25) is 0 Å². The van der Waals surface area contributed by atoms with Gasteiger partial charge in [0, 0.05) is 6.08 Å². The number of amides is 1. The predicted molar refractivity (Wildman–Crippen MR) is 64.8 cm³/mol. The minimum Gasteiger partial charge on any atom is -0.479 e. The average Bonchev–Trinajstić information content (AvgIpc) is 2.50. The number of hydrogen-bond donors (Lipinski definition) is 2. The van der Waals surface area contributed by atoms with Crippen molar-refractivity contribution in [3.05, 3.63) is 12.2 Å². The molecule has 0 bridgehead atoms. The zero-order chi connectivity index (χ0) is 15.5. The fraction of sp³-hybridized carbons (Fsp3) is 0.545. The van der Waals surface area contributed by atoms with E-state index in [1.165, 1.54) is 0 Å². The van der Waals surface area contributed by atoms with Crippen LogP contribution < -0.4 is 0 Å². The third-order valence-electron chi connectivity index (χ3n) is 4.26. The summed E-state index contributed by atoms with van der Waals surface area (Å²) in [6, 6.07) is 1.60. The van der Waals surface area contributed by atoms with Gasteiger partial charge in [-0.15, -0.1) is 0 Å². The Kier molecular flexibility index (Phi) is 2.75. The lowest BCUT2D eigenvalue weighted by Crippen LogP contribution is -2.71. The van der Waals surface area contributed by atoms with Crippen molar-refractivity contribution >= 4 is 21.7 Å². The number of carboxylic acids is 1. The summed E-state index contributed by atoms with van der Waals surface area (Å²) in [6.07, 6.45) is 0.0481. The van der Waals surface area contributed by atoms with Crippen molar-refractivity contribution in [1.82, 2.24) is 4.90 Å². The molecule has 8 nitrogen and oxygen atoms in total. The fourth-order valence-corrected chi connectivity index (χ4v) is 5.32. The number of aliphatic hydroxyl groups is 1. The number of rotatable bonds is 2. The predicted octanol–water partition coefficient (Wildman–Crippen LogP) is -1.37. The van der Waals surface area contributed by atoms with E-state index in [1.807, 2.05) is 0 Å². The number of fused-ring (bicyclic) bond motifs is 1. The molecule has 0 aromatic carbocycles. The molecule has 2 N–H and O–H groups in total. The summed E-state index contributed by atoms with van der Waals surface area (Å²) >= 11 is 0. The molecule has 0 spiro atoms. The molecule has 20 heavy (non-hydrogen) atoms. The van der Waals surface area contributed by atoms with E-state index in [2.05, 4.69) is 0 Å². The van der Waals surface area contributed by atoms with Crippen molar-refractivity contribution in [2.45, 2.75) is 35.6 Å². The Hall–Kier alpha value is -1.92. The first-order valence-corrected chi connectivity index (χ1v) is 7.17. The van der Waals surface area contributed by atoms with Gasteiger partial charge in [0.1, 0.15) is 4.75 Å². The van der Waals surface area contributed by atoms with Crippen molar-refractivity contribution in [3.63, 3.8) is 0 Å². The number of hydrogen-bond acceptors (Lipinski definition) is 6. The fourth-order valence-electron chi connectivity index (χ4n) is 2.77. The van der Waals surface area contributed by atoms with E-state index in [9.17, 15) is 28.2 Å². The Morgan fingerprint density at radius 3 is 2.50 bits per heavy atom. The second-order valence-corrected chi connectivity index (χ2v) is 7.46. The van der Waals surface area contributed by atoms with Crippen LogP contribution in [0.5, 0.6) is 0 Å². The number of carbonyl (C=O) groups excluding carboxylic acids is 1. The van der Waals surface area contributed by atoms with Crippen LogP contribution in [0.15, 0.2) is 12.2 Å². The molecule has 0 saturated carbocycles. The largest absolute Gasteiger partial charge is 0.479 e. The molecule has 2 aliphatic heterocycles. The van der Waals surface area contributed by atoms with Crippen molar-refractivity contribution in [2.75, 3.05) is 0 Å². The third kappa shape index (κ3) is 1.21. The highest BCUT2D eigenvalue weighted by Gasteiger charge is 2.78. The number of carboxylic acid groups (broad SMARTS) is 1. The zero-order valence-electron chi connectivity index (χ0n) is 10.6. The standard InChI is InChI=1S/C11H12N2O6S/c1-10(4-3-5-12)11(2,9(16)17)13-7(15)6(14)8(13)20(10,18)19/h3-4,6,8,14H,1-2H3,(H,16,17)/t6-,8-,10+,11+/m1/s1. The number of nitrogens with zero attached hydrogens (tertiary/aromatic N) is 2. The minimum absolute atomic E-state index is 0.664. The number of aliphatic hydroxyl groups excluding tert-OH is 1. The summed E-state index contributed by atoms with van der Waals surface area (Å²) < 4.78 is 23.0. The van der Waals surface area contributed by atoms with Crippen molar-refractivity contribution < 1.29 is 28.2 Å². The normalized spacial score (nSPS) is 42.1. The van der Waals surface area contributed by atoms with Crippen LogP contribution in [-0.4, -0.2) is 57.2 Å². The Bertz CT molecular complexity index is 678. The lowest BCUT2D eigenvalue weighted by atomic mass is 9.81. The molecule has 4 atom stereocenters. The molecule has 2 saturated heterocycles. The molecular formula is C11H12N2O6S. The Morgan fingerprint density at radius 1 is 1.50 bits per heavy atom. The van der Waals surface area contributed by atoms with Crippen LogP contribution >= 0.6 is 0 Å². The number of β-lactam (4-membered cyclic amide) rings is 1. The second-order valence-electron chi connectivity index (χ2n) is 5.04. The van der Waals surface area contributed by atoms with Crippen LogP contribution in [0.1, 0.15) is 13.8 Å². The van der Waals surface area contributed by atoms with E-state index in [0.717, 1.165) is 26.0 Å². The molecule has 0 aromatic heterocycles. The van der Waals surface area contributed by atoms with Crippen LogP contribution in [0.3, 0.4) is 0 Å². The molecule has 1 amide bonds. The molecule has 9 heteroatoms. The lowest BCUT2D eigenvalue weighted by Gasteiger charge is -2.45. The van der Waals surface area contributed by atoms with Gasteiger partial charge in [0.15, 0.2) is 26.9 Å². The van der Waals surface area contributed by atoms with Crippen LogP contribution in [0.2, 0.25) is 0 Å². The number of nitriles is 1. The Balaban J connectivity index is 2.77. The van der Waals surface area contributed by atoms with Gasteiger partial charge in [0.25, 0.3) is 5.91 Å². The highest BCUT2D eigenvalue weighted by molar-refractivity contribution is 7.94. The van der Waals surface area contributed by atoms with Gasteiger partial charge in [-0.05, 0) is 13.8 Å². The van der Waals surface area contributed by atoms with Gasteiger partial charge in [-0.25, -0.2) is 13.2 Å². The maximum atomic E-state index is 12.5. The van der Waals surface area contributed by atoms with Crippen LogP contribution in [0, 0.1) is 11.3 Å². The van der Waals surface area contributed by atoms with E-state index >= 15 is 0 Å². The van der Waals surface area contributed by atoms with Crippen molar-refractivity contribution in [3.8, 4) is 6.07 Å². The summed E-state index contributed by atoms with van der Waals surface area (Å²) in [5.74, 6) is -2.47. The third-order valence-corrected chi connectivity index (χ3v) is 7.08. The lowest BCUT2D eigenvalue weighted by molar-refractivity contribution is -0.178. The van der Waals surface area contributed by atoms with Gasteiger partial charge < -0.3 is 15.1 Å². The van der Waals surface area contributed by atoms with Crippen molar-refractivity contribution in [1.29, 1.82) is 5.26 Å². The second kappa shape index (κ2) is 3.80. The number of carbonyl (C=O) groups is 2. The number of sulfone groups is 1. The molecule has 108 valence electrons. The molecule has 2 fully saturated rings. The van der Waals surface area contributed by atoms with Gasteiger partial charge in [-0.2, -0.15) is 5.26 Å². The SMILES string of the molecule is C[C@]1(C=CC#N)[C@](C)(C(=O)O)N2C(=O)[C@@H](O)[C@H]2S1(=O)=O. The van der Waals surface area contributed by atoms with Gasteiger partial charge in [-0.3, -0.25) is 4.79 Å². The van der Waals surface area contributed by atoms with Gasteiger partial charge in [-0.1, -0.05) is 6.08 Å². The maximum absolute atomic E-state index is 12.5. The number of aliphatic carboxylic acids is 1.